The fourth-order valence-electron chi connectivity index (χ4n) is 1.69. The largest absolute Gasteiger partial charge is 0.339 e. The molecule has 19 heavy (non-hydrogen) atoms. The second-order valence-electron chi connectivity index (χ2n) is 4.43. The Hall–Kier alpha value is -0.480. The van der Waals surface area contributed by atoms with Gasteiger partial charge in [-0.05, 0) is 24.6 Å². The van der Waals surface area contributed by atoms with Gasteiger partial charge in [0.05, 0.1) is 6.04 Å². The summed E-state index contributed by atoms with van der Waals surface area (Å²) in [4.78, 5) is 13.7. The highest BCUT2D eigenvalue weighted by atomic mass is 35.5. The van der Waals surface area contributed by atoms with E-state index in [0.29, 0.717) is 16.6 Å². The van der Waals surface area contributed by atoms with E-state index >= 15 is 0 Å². The van der Waals surface area contributed by atoms with Crippen LogP contribution >= 0.6 is 35.6 Å². The Morgan fingerprint density at radius 2 is 1.95 bits per heavy atom. The molecule has 1 amide bonds. The molecule has 3 nitrogen and oxygen atoms in total. The zero-order valence-corrected chi connectivity index (χ0v) is 13.5. The number of rotatable bonds is 4. The maximum atomic E-state index is 12.0. The van der Waals surface area contributed by atoms with Gasteiger partial charge in [0, 0.05) is 29.6 Å². The fraction of sp³-hybridized carbons (Fsp3) is 0.462. The van der Waals surface area contributed by atoms with Crippen molar-refractivity contribution >= 4 is 41.5 Å². The summed E-state index contributed by atoms with van der Waals surface area (Å²) in [6.07, 6.45) is 0. The average molecular weight is 326 g/mol. The Balaban J connectivity index is 0.00000324. The number of carbonyl (C=O) groups is 1. The van der Waals surface area contributed by atoms with Gasteiger partial charge in [-0.1, -0.05) is 36.2 Å². The van der Waals surface area contributed by atoms with E-state index < -0.39 is 0 Å². The predicted octanol–water partition coefficient (Wildman–Crippen LogP) is 3.53. The van der Waals surface area contributed by atoms with Crippen LogP contribution in [0, 0.1) is 5.92 Å². The van der Waals surface area contributed by atoms with E-state index in [9.17, 15) is 4.79 Å². The fourth-order valence-corrected chi connectivity index (χ4v) is 2.25. The van der Waals surface area contributed by atoms with Crippen LogP contribution in [0.3, 0.4) is 0 Å². The van der Waals surface area contributed by atoms with Crippen molar-refractivity contribution in [2.75, 3.05) is 13.6 Å². The summed E-state index contributed by atoms with van der Waals surface area (Å²) < 4.78 is 0. The van der Waals surface area contributed by atoms with Crippen LogP contribution in [0.1, 0.15) is 25.5 Å². The Bertz CT molecular complexity index is 440. The van der Waals surface area contributed by atoms with Crippen molar-refractivity contribution in [3.8, 4) is 0 Å². The first-order chi connectivity index (χ1) is 8.38. The van der Waals surface area contributed by atoms with E-state index in [2.05, 4.69) is 0 Å². The first-order valence-electron chi connectivity index (χ1n) is 5.80. The van der Waals surface area contributed by atoms with Crippen LogP contribution in [-0.2, 0) is 4.79 Å². The van der Waals surface area contributed by atoms with Gasteiger partial charge >= 0.3 is 0 Å². The molecule has 0 aliphatic rings. The average Bonchev–Trinajstić information content (AvgIpc) is 2.35. The highest BCUT2D eigenvalue weighted by Gasteiger charge is 2.22. The second-order valence-corrected chi connectivity index (χ2v) is 5.27. The van der Waals surface area contributed by atoms with Crippen LogP contribution < -0.4 is 5.73 Å². The summed E-state index contributed by atoms with van der Waals surface area (Å²) >= 11 is 12.0. The molecule has 2 unspecified atom stereocenters. The first kappa shape index (κ1) is 18.5. The van der Waals surface area contributed by atoms with Gasteiger partial charge in [0.15, 0.2) is 0 Å². The summed E-state index contributed by atoms with van der Waals surface area (Å²) in [7, 11) is 1.75. The lowest BCUT2D eigenvalue weighted by molar-refractivity contribution is -0.135. The molecule has 6 heteroatoms. The molecular formula is C13H19Cl3N2O. The summed E-state index contributed by atoms with van der Waals surface area (Å²) in [5, 5.41) is 1.15. The number of nitrogens with two attached hydrogens (primary N) is 1. The predicted molar refractivity (Wildman–Crippen MR) is 83.1 cm³/mol. The topological polar surface area (TPSA) is 46.3 Å². The Kier molecular flexibility index (Phi) is 7.75. The highest BCUT2D eigenvalue weighted by Crippen LogP contribution is 2.29. The number of amides is 1. The van der Waals surface area contributed by atoms with Gasteiger partial charge in [-0.25, -0.2) is 0 Å². The molecule has 0 fully saturated rings. The molecule has 2 atom stereocenters. The number of benzene rings is 1. The quantitative estimate of drug-likeness (QED) is 0.920. The van der Waals surface area contributed by atoms with Crippen molar-refractivity contribution in [1.82, 2.24) is 4.90 Å². The van der Waals surface area contributed by atoms with Gasteiger partial charge in [0.1, 0.15) is 0 Å². The van der Waals surface area contributed by atoms with Gasteiger partial charge in [0.2, 0.25) is 5.91 Å². The monoisotopic (exact) mass is 324 g/mol. The molecule has 1 rings (SSSR count). The number of carbonyl (C=O) groups excluding carboxylic acids is 1. The molecule has 0 bridgehead atoms. The standard InChI is InChI=1S/C13H18Cl2N2O.ClH/c1-8(7-16)13(18)17(3)9(2)11-5-4-10(14)6-12(11)15;/h4-6,8-9H,7,16H2,1-3H3;1H. The molecular weight excluding hydrogens is 307 g/mol. The van der Waals surface area contributed by atoms with Crippen molar-refractivity contribution in [2.24, 2.45) is 11.7 Å². The molecule has 1 aromatic carbocycles. The first-order valence-corrected chi connectivity index (χ1v) is 6.55. The van der Waals surface area contributed by atoms with E-state index in [0.717, 1.165) is 5.56 Å². The van der Waals surface area contributed by atoms with Crippen LogP contribution in [0.5, 0.6) is 0 Å². The lowest BCUT2D eigenvalue weighted by Crippen LogP contribution is -2.36. The van der Waals surface area contributed by atoms with Crippen LogP contribution in [0.15, 0.2) is 18.2 Å². The molecule has 0 saturated heterocycles. The third-order valence-corrected chi connectivity index (χ3v) is 3.68. The van der Waals surface area contributed by atoms with Gasteiger partial charge < -0.3 is 10.6 Å². The highest BCUT2D eigenvalue weighted by molar-refractivity contribution is 6.35. The van der Waals surface area contributed by atoms with E-state index in [4.69, 9.17) is 28.9 Å². The minimum Gasteiger partial charge on any atom is -0.339 e. The van der Waals surface area contributed by atoms with Gasteiger partial charge in [-0.2, -0.15) is 0 Å². The van der Waals surface area contributed by atoms with Crippen molar-refractivity contribution in [2.45, 2.75) is 19.9 Å². The molecule has 0 aromatic heterocycles. The SMILES string of the molecule is CC(CN)C(=O)N(C)C(C)c1ccc(Cl)cc1Cl.Cl. The van der Waals surface area contributed by atoms with Crippen molar-refractivity contribution in [1.29, 1.82) is 0 Å². The van der Waals surface area contributed by atoms with Crippen molar-refractivity contribution in [3.63, 3.8) is 0 Å². The number of hydrogen-bond donors (Lipinski definition) is 1. The lowest BCUT2D eigenvalue weighted by atomic mass is 10.0. The summed E-state index contributed by atoms with van der Waals surface area (Å²) in [5.41, 5.74) is 6.38. The van der Waals surface area contributed by atoms with E-state index in [-0.39, 0.29) is 30.3 Å². The smallest absolute Gasteiger partial charge is 0.226 e. The van der Waals surface area contributed by atoms with Crippen molar-refractivity contribution < 1.29 is 4.79 Å². The number of halogens is 3. The summed E-state index contributed by atoms with van der Waals surface area (Å²) in [5.74, 6) is -0.181. The normalized spacial score (nSPS) is 13.4. The van der Waals surface area contributed by atoms with E-state index in [1.807, 2.05) is 19.9 Å². The van der Waals surface area contributed by atoms with Crippen molar-refractivity contribution in [3.05, 3.63) is 33.8 Å². The Labute approximate surface area is 130 Å². The van der Waals surface area contributed by atoms with E-state index in [1.54, 1.807) is 24.1 Å². The molecule has 0 heterocycles. The number of nitrogens with zero attached hydrogens (tertiary/aromatic N) is 1. The third-order valence-electron chi connectivity index (χ3n) is 3.12. The number of hydrogen-bond acceptors (Lipinski definition) is 2. The van der Waals surface area contributed by atoms with Gasteiger partial charge in [-0.15, -0.1) is 12.4 Å². The minimum absolute atomic E-state index is 0. The lowest BCUT2D eigenvalue weighted by Gasteiger charge is -2.28. The zero-order chi connectivity index (χ0) is 13.9. The third kappa shape index (κ3) is 4.53. The molecule has 0 spiro atoms. The molecule has 0 saturated carbocycles. The minimum atomic E-state index is -0.191. The Morgan fingerprint density at radius 3 is 2.42 bits per heavy atom. The maximum absolute atomic E-state index is 12.0. The molecule has 0 radical (unpaired) electrons. The molecule has 0 aliphatic carbocycles. The van der Waals surface area contributed by atoms with Crippen LogP contribution in [0.4, 0.5) is 0 Å². The maximum Gasteiger partial charge on any atom is 0.226 e. The molecule has 1 aromatic rings. The Morgan fingerprint density at radius 1 is 1.37 bits per heavy atom. The zero-order valence-electron chi connectivity index (χ0n) is 11.2. The molecule has 108 valence electrons. The van der Waals surface area contributed by atoms with Gasteiger partial charge in [-0.3, -0.25) is 4.79 Å². The summed E-state index contributed by atoms with van der Waals surface area (Å²) in [6.45, 7) is 4.08. The van der Waals surface area contributed by atoms with Crippen LogP contribution in [-0.4, -0.2) is 24.4 Å². The van der Waals surface area contributed by atoms with Gasteiger partial charge in [0.25, 0.3) is 0 Å². The van der Waals surface area contributed by atoms with Crippen LogP contribution in [0.25, 0.3) is 0 Å². The summed E-state index contributed by atoms with van der Waals surface area (Å²) in [6, 6.07) is 5.17. The van der Waals surface area contributed by atoms with E-state index in [1.165, 1.54) is 0 Å². The second kappa shape index (κ2) is 7.95. The van der Waals surface area contributed by atoms with Crippen LogP contribution in [0.2, 0.25) is 10.0 Å². The molecule has 2 N–H and O–H groups in total. The molecule has 0 aliphatic heterocycles.